The summed E-state index contributed by atoms with van der Waals surface area (Å²) >= 11 is 0. The fourth-order valence-corrected chi connectivity index (χ4v) is 2.41. The summed E-state index contributed by atoms with van der Waals surface area (Å²) in [6, 6.07) is 6.35. The van der Waals surface area contributed by atoms with Crippen molar-refractivity contribution >= 4 is 17.5 Å². The minimum absolute atomic E-state index is 0.140. The van der Waals surface area contributed by atoms with Crippen LogP contribution in [0.5, 0.6) is 0 Å². The van der Waals surface area contributed by atoms with Gasteiger partial charge in [0.15, 0.2) is 0 Å². The fraction of sp³-hybridized carbons (Fsp3) is 0.294. The number of benzene rings is 1. The van der Waals surface area contributed by atoms with Crippen molar-refractivity contribution in [2.75, 3.05) is 26.0 Å². The first-order valence-corrected chi connectivity index (χ1v) is 7.61. The van der Waals surface area contributed by atoms with Crippen LogP contribution in [0.3, 0.4) is 0 Å². The molecule has 0 saturated heterocycles. The molecule has 2 rings (SSSR count). The molecule has 0 aliphatic carbocycles. The van der Waals surface area contributed by atoms with Gasteiger partial charge in [-0.15, -0.1) is 0 Å². The summed E-state index contributed by atoms with van der Waals surface area (Å²) in [5.41, 5.74) is 0.712. The summed E-state index contributed by atoms with van der Waals surface area (Å²) in [5, 5.41) is 4.65. The smallest absolute Gasteiger partial charge is 0.313 e. The van der Waals surface area contributed by atoms with Crippen molar-refractivity contribution in [2.45, 2.75) is 6.04 Å². The van der Waals surface area contributed by atoms with E-state index in [-0.39, 0.29) is 18.3 Å². The first-order valence-electron chi connectivity index (χ1n) is 7.61. The van der Waals surface area contributed by atoms with Gasteiger partial charge in [-0.2, -0.15) is 0 Å². The Morgan fingerprint density at radius 3 is 2.48 bits per heavy atom. The van der Waals surface area contributed by atoms with E-state index >= 15 is 0 Å². The van der Waals surface area contributed by atoms with E-state index in [1.54, 1.807) is 0 Å². The van der Waals surface area contributed by atoms with E-state index in [0.717, 1.165) is 17.8 Å². The zero-order chi connectivity index (χ0) is 18.6. The maximum atomic E-state index is 13.5. The molecule has 0 spiro atoms. The van der Waals surface area contributed by atoms with Crippen molar-refractivity contribution in [3.63, 3.8) is 0 Å². The van der Waals surface area contributed by atoms with Gasteiger partial charge in [-0.3, -0.25) is 14.5 Å². The maximum Gasteiger partial charge on any atom is 0.313 e. The molecule has 134 valence electrons. The number of halogens is 2. The maximum absolute atomic E-state index is 13.5. The zero-order valence-electron chi connectivity index (χ0n) is 14.2. The summed E-state index contributed by atoms with van der Waals surface area (Å²) in [6.45, 7) is 0.197. The van der Waals surface area contributed by atoms with E-state index in [2.05, 4.69) is 10.6 Å². The molecule has 1 aromatic heterocycles. The summed E-state index contributed by atoms with van der Waals surface area (Å²) < 4.78 is 28.3. The molecule has 2 N–H and O–H groups in total. The van der Waals surface area contributed by atoms with Crippen LogP contribution >= 0.6 is 0 Å². The van der Waals surface area contributed by atoms with Crippen LogP contribution in [0.4, 0.5) is 14.5 Å². The molecule has 0 fully saturated rings. The number of nitrogens with one attached hydrogen (secondary N) is 2. The number of hydrogen-bond acceptors (Lipinski definition) is 3. The third kappa shape index (κ3) is 4.63. The monoisotopic (exact) mass is 350 g/mol. The first-order chi connectivity index (χ1) is 11.8. The number of likely N-dealkylation sites (N-methyl/N-ethyl adjacent to an activating group) is 1. The number of nitrogens with zero attached hydrogens (tertiary/aromatic N) is 2. The van der Waals surface area contributed by atoms with Crippen molar-refractivity contribution in [1.82, 2.24) is 14.8 Å². The zero-order valence-corrected chi connectivity index (χ0v) is 14.2. The molecule has 0 aliphatic heterocycles. The van der Waals surface area contributed by atoms with Crippen LogP contribution in [0.15, 0.2) is 36.5 Å². The van der Waals surface area contributed by atoms with Crippen molar-refractivity contribution in [3.05, 3.63) is 53.9 Å². The molecular weight excluding hydrogens is 330 g/mol. The molecule has 8 heteroatoms. The lowest BCUT2D eigenvalue weighted by Crippen LogP contribution is -2.40. The Labute approximate surface area is 144 Å². The van der Waals surface area contributed by atoms with Crippen LogP contribution in [0.25, 0.3) is 0 Å². The van der Waals surface area contributed by atoms with Crippen LogP contribution in [0, 0.1) is 11.6 Å². The summed E-state index contributed by atoms with van der Waals surface area (Å²) in [5.74, 6) is -3.63. The summed E-state index contributed by atoms with van der Waals surface area (Å²) in [7, 11) is 5.60. The Morgan fingerprint density at radius 1 is 1.20 bits per heavy atom. The van der Waals surface area contributed by atoms with Crippen molar-refractivity contribution < 1.29 is 18.4 Å². The number of anilines is 1. The lowest BCUT2D eigenvalue weighted by Gasteiger charge is -2.25. The molecule has 1 heterocycles. The molecule has 2 amide bonds. The van der Waals surface area contributed by atoms with Gasteiger partial charge in [-0.25, -0.2) is 8.78 Å². The van der Waals surface area contributed by atoms with E-state index < -0.39 is 23.4 Å². The molecular formula is C17H20F2N4O2. The lowest BCUT2D eigenvalue weighted by atomic mass is 10.2. The number of aryl methyl sites for hydroxylation is 1. The molecule has 2 aromatic rings. The highest BCUT2D eigenvalue weighted by Crippen LogP contribution is 2.17. The van der Waals surface area contributed by atoms with Crippen LogP contribution < -0.4 is 10.6 Å². The van der Waals surface area contributed by atoms with Gasteiger partial charge in [0.2, 0.25) is 0 Å². The van der Waals surface area contributed by atoms with Gasteiger partial charge in [-0.05, 0) is 38.4 Å². The topological polar surface area (TPSA) is 66.4 Å². The number of aromatic nitrogens is 1. The third-order valence-corrected chi connectivity index (χ3v) is 3.79. The van der Waals surface area contributed by atoms with Crippen LogP contribution in [0.2, 0.25) is 0 Å². The highest BCUT2D eigenvalue weighted by Gasteiger charge is 2.21. The Balaban J connectivity index is 1.98. The number of carbonyl (C=O) groups is 2. The highest BCUT2D eigenvalue weighted by molar-refractivity contribution is 6.39. The van der Waals surface area contributed by atoms with E-state index in [1.165, 1.54) is 0 Å². The van der Waals surface area contributed by atoms with Crippen molar-refractivity contribution in [2.24, 2.45) is 7.05 Å². The minimum Gasteiger partial charge on any atom is -0.353 e. The number of rotatable bonds is 5. The number of carbonyl (C=O) groups excluding carboxylic acids is 2. The van der Waals surface area contributed by atoms with Crippen molar-refractivity contribution in [3.8, 4) is 0 Å². The molecule has 0 aliphatic rings. The molecule has 25 heavy (non-hydrogen) atoms. The normalized spacial score (nSPS) is 12.1. The second kappa shape index (κ2) is 7.89. The standard InChI is InChI=1S/C17H20F2N4O2/c1-22(2)15(14-5-4-8-23(14)3)10-20-16(24)17(25)21-13-7-6-11(18)9-12(13)19/h4-9,15H,10H2,1-3H3,(H,20,24)(H,21,25). The SMILES string of the molecule is CN(C)C(CNC(=O)C(=O)Nc1ccc(F)cc1F)c1cccn1C. The minimum atomic E-state index is -1.02. The van der Waals surface area contributed by atoms with Crippen LogP contribution in [-0.4, -0.2) is 41.9 Å². The average molecular weight is 350 g/mol. The van der Waals surface area contributed by atoms with Gasteiger partial charge in [-0.1, -0.05) is 0 Å². The molecule has 1 aromatic carbocycles. The molecule has 0 bridgehead atoms. The van der Waals surface area contributed by atoms with E-state index in [1.807, 2.05) is 48.9 Å². The van der Waals surface area contributed by atoms with E-state index in [4.69, 9.17) is 0 Å². The van der Waals surface area contributed by atoms with E-state index in [0.29, 0.717) is 6.07 Å². The molecule has 6 nitrogen and oxygen atoms in total. The molecule has 0 saturated carbocycles. The Morgan fingerprint density at radius 2 is 1.92 bits per heavy atom. The lowest BCUT2D eigenvalue weighted by molar-refractivity contribution is -0.136. The van der Waals surface area contributed by atoms with Gasteiger partial charge >= 0.3 is 11.8 Å². The van der Waals surface area contributed by atoms with Crippen molar-refractivity contribution in [1.29, 1.82) is 0 Å². The van der Waals surface area contributed by atoms with Gasteiger partial charge in [0.1, 0.15) is 11.6 Å². The fourth-order valence-electron chi connectivity index (χ4n) is 2.41. The number of hydrogen-bond donors (Lipinski definition) is 2. The largest absolute Gasteiger partial charge is 0.353 e. The van der Waals surface area contributed by atoms with Gasteiger partial charge < -0.3 is 15.2 Å². The second-order valence-electron chi connectivity index (χ2n) is 5.81. The summed E-state index contributed by atoms with van der Waals surface area (Å²) in [6.07, 6.45) is 1.89. The van der Waals surface area contributed by atoms with Crippen LogP contribution in [0.1, 0.15) is 11.7 Å². The third-order valence-electron chi connectivity index (χ3n) is 3.79. The van der Waals surface area contributed by atoms with E-state index in [9.17, 15) is 18.4 Å². The Hall–Kier alpha value is -2.74. The predicted molar refractivity (Wildman–Crippen MR) is 89.8 cm³/mol. The summed E-state index contributed by atoms with van der Waals surface area (Å²) in [4.78, 5) is 25.8. The predicted octanol–water partition coefficient (Wildman–Crippen LogP) is 1.66. The van der Waals surface area contributed by atoms with Crippen LogP contribution in [-0.2, 0) is 16.6 Å². The molecule has 0 radical (unpaired) electrons. The first kappa shape index (κ1) is 18.6. The quantitative estimate of drug-likeness (QED) is 0.806. The van der Waals surface area contributed by atoms with Gasteiger partial charge in [0.05, 0.1) is 11.7 Å². The Bertz CT molecular complexity index is 774. The Kier molecular flexibility index (Phi) is 5.87. The second-order valence-corrected chi connectivity index (χ2v) is 5.81. The van der Waals surface area contributed by atoms with Gasteiger partial charge in [0.25, 0.3) is 0 Å². The molecule has 1 unspecified atom stereocenters. The average Bonchev–Trinajstić information content (AvgIpc) is 2.95. The highest BCUT2D eigenvalue weighted by atomic mass is 19.1. The molecule has 1 atom stereocenters. The number of amides is 2. The van der Waals surface area contributed by atoms with Gasteiger partial charge in [0, 0.05) is 31.5 Å².